The molecule has 1 aromatic carbocycles. The molecule has 4 heteroatoms. The molecule has 1 aliphatic heterocycles. The summed E-state index contributed by atoms with van der Waals surface area (Å²) < 4.78 is 18.7. The lowest BCUT2D eigenvalue weighted by atomic mass is 10.0. The van der Waals surface area contributed by atoms with Crippen LogP contribution in [-0.4, -0.2) is 31.0 Å². The van der Waals surface area contributed by atoms with Gasteiger partial charge in [-0.25, -0.2) is 4.39 Å². The van der Waals surface area contributed by atoms with E-state index in [1.54, 1.807) is 18.1 Å². The Kier molecular flexibility index (Phi) is 4.56. The number of ether oxygens (including phenoxy) is 1. The van der Waals surface area contributed by atoms with Crippen LogP contribution in [0.25, 0.3) is 5.57 Å². The first kappa shape index (κ1) is 14.3. The van der Waals surface area contributed by atoms with E-state index in [-0.39, 0.29) is 11.7 Å². The van der Waals surface area contributed by atoms with Gasteiger partial charge in [-0.2, -0.15) is 0 Å². The zero-order valence-electron chi connectivity index (χ0n) is 11.6. The number of carbonyl (C=O) groups excluding carboxylic acids is 1. The summed E-state index contributed by atoms with van der Waals surface area (Å²) in [6.07, 6.45) is 4.80. The van der Waals surface area contributed by atoms with Crippen molar-refractivity contribution in [3.05, 3.63) is 48.3 Å². The molecule has 0 unspecified atom stereocenters. The minimum Gasteiger partial charge on any atom is -0.496 e. The third-order valence-electron chi connectivity index (χ3n) is 3.43. The normalized spacial score (nSPS) is 15.3. The van der Waals surface area contributed by atoms with Gasteiger partial charge in [0, 0.05) is 18.7 Å². The number of carbonyl (C=O) groups is 1. The van der Waals surface area contributed by atoms with E-state index in [1.165, 1.54) is 18.2 Å². The molecule has 0 saturated heterocycles. The SMILES string of the molecule is C=CC(=O)N1CCC=C(c2cc(F)ccc2OC)CC1. The highest BCUT2D eigenvalue weighted by Gasteiger charge is 2.17. The average molecular weight is 275 g/mol. The van der Waals surface area contributed by atoms with Crippen LogP contribution in [0, 0.1) is 5.82 Å². The third kappa shape index (κ3) is 3.07. The Morgan fingerprint density at radius 3 is 2.95 bits per heavy atom. The van der Waals surface area contributed by atoms with E-state index < -0.39 is 0 Å². The predicted octanol–water partition coefficient (Wildman–Crippen LogP) is 3.03. The van der Waals surface area contributed by atoms with Crippen molar-refractivity contribution in [2.45, 2.75) is 12.8 Å². The van der Waals surface area contributed by atoms with E-state index in [0.29, 0.717) is 25.3 Å². The van der Waals surface area contributed by atoms with Crippen molar-refractivity contribution in [1.29, 1.82) is 0 Å². The monoisotopic (exact) mass is 275 g/mol. The van der Waals surface area contributed by atoms with Crippen LogP contribution in [0.2, 0.25) is 0 Å². The van der Waals surface area contributed by atoms with Crippen LogP contribution in [0.15, 0.2) is 36.9 Å². The number of hydrogen-bond acceptors (Lipinski definition) is 2. The molecule has 0 aromatic heterocycles. The van der Waals surface area contributed by atoms with Crippen molar-refractivity contribution in [2.75, 3.05) is 20.2 Å². The van der Waals surface area contributed by atoms with E-state index >= 15 is 0 Å². The van der Waals surface area contributed by atoms with Crippen LogP contribution < -0.4 is 4.74 Å². The van der Waals surface area contributed by atoms with E-state index in [1.807, 2.05) is 6.08 Å². The maximum atomic E-state index is 13.4. The second-order valence-electron chi connectivity index (χ2n) is 4.64. The highest BCUT2D eigenvalue weighted by atomic mass is 19.1. The van der Waals surface area contributed by atoms with Gasteiger partial charge in [0.15, 0.2) is 0 Å². The summed E-state index contributed by atoms with van der Waals surface area (Å²) in [5.74, 6) is 0.303. The second-order valence-corrected chi connectivity index (χ2v) is 4.64. The lowest BCUT2D eigenvalue weighted by Crippen LogP contribution is -2.30. The van der Waals surface area contributed by atoms with Gasteiger partial charge in [-0.1, -0.05) is 12.7 Å². The number of methoxy groups -OCH3 is 1. The highest BCUT2D eigenvalue weighted by molar-refractivity contribution is 5.87. The summed E-state index contributed by atoms with van der Waals surface area (Å²) in [5, 5.41) is 0. The maximum Gasteiger partial charge on any atom is 0.245 e. The molecule has 1 aliphatic rings. The van der Waals surface area contributed by atoms with Crippen molar-refractivity contribution in [2.24, 2.45) is 0 Å². The smallest absolute Gasteiger partial charge is 0.245 e. The number of hydrogen-bond donors (Lipinski definition) is 0. The van der Waals surface area contributed by atoms with E-state index in [4.69, 9.17) is 4.74 Å². The molecule has 106 valence electrons. The summed E-state index contributed by atoms with van der Waals surface area (Å²) >= 11 is 0. The topological polar surface area (TPSA) is 29.5 Å². The summed E-state index contributed by atoms with van der Waals surface area (Å²) in [7, 11) is 1.57. The number of rotatable bonds is 3. The molecule has 1 amide bonds. The zero-order valence-corrected chi connectivity index (χ0v) is 11.6. The molecule has 0 spiro atoms. The molecule has 0 fully saturated rings. The van der Waals surface area contributed by atoms with Gasteiger partial charge in [-0.15, -0.1) is 0 Å². The minimum atomic E-state index is -0.287. The standard InChI is InChI=1S/C16H18FNO2/c1-3-16(19)18-9-4-5-12(8-10-18)14-11-13(17)6-7-15(14)20-2/h3,5-7,11H,1,4,8-10H2,2H3. The Morgan fingerprint density at radius 1 is 1.45 bits per heavy atom. The van der Waals surface area contributed by atoms with Crippen molar-refractivity contribution < 1.29 is 13.9 Å². The first-order chi connectivity index (χ1) is 9.65. The average Bonchev–Trinajstić information content (AvgIpc) is 2.72. The van der Waals surface area contributed by atoms with Gasteiger partial charge in [0.1, 0.15) is 11.6 Å². The molecule has 0 bridgehead atoms. The second kappa shape index (κ2) is 6.37. The number of nitrogens with zero attached hydrogens (tertiary/aromatic N) is 1. The number of amides is 1. The highest BCUT2D eigenvalue weighted by Crippen LogP contribution is 2.30. The molecule has 3 nitrogen and oxygen atoms in total. The maximum absolute atomic E-state index is 13.4. The molecule has 0 aliphatic carbocycles. The van der Waals surface area contributed by atoms with Crippen LogP contribution in [0.4, 0.5) is 4.39 Å². The Hall–Kier alpha value is -2.10. The van der Waals surface area contributed by atoms with Crippen LogP contribution in [0.1, 0.15) is 18.4 Å². The first-order valence-corrected chi connectivity index (χ1v) is 6.60. The summed E-state index contributed by atoms with van der Waals surface area (Å²) in [6, 6.07) is 4.49. The fourth-order valence-corrected chi connectivity index (χ4v) is 2.39. The van der Waals surface area contributed by atoms with Gasteiger partial charge in [-0.3, -0.25) is 4.79 Å². The van der Waals surface area contributed by atoms with Gasteiger partial charge in [-0.05, 0) is 42.7 Å². The minimum absolute atomic E-state index is 0.0640. The predicted molar refractivity (Wildman–Crippen MR) is 76.9 cm³/mol. The van der Waals surface area contributed by atoms with E-state index in [2.05, 4.69) is 6.58 Å². The Labute approximate surface area is 118 Å². The Balaban J connectivity index is 2.22. The van der Waals surface area contributed by atoms with E-state index in [9.17, 15) is 9.18 Å². The fourth-order valence-electron chi connectivity index (χ4n) is 2.39. The largest absolute Gasteiger partial charge is 0.496 e. The van der Waals surface area contributed by atoms with Crippen LogP contribution in [-0.2, 0) is 4.79 Å². The zero-order chi connectivity index (χ0) is 14.5. The molecule has 0 N–H and O–H groups in total. The Bertz CT molecular complexity index is 551. The first-order valence-electron chi connectivity index (χ1n) is 6.60. The molecule has 0 atom stereocenters. The fraction of sp³-hybridized carbons (Fsp3) is 0.312. The molecule has 20 heavy (non-hydrogen) atoms. The van der Waals surface area contributed by atoms with Crippen molar-refractivity contribution in [3.63, 3.8) is 0 Å². The summed E-state index contributed by atoms with van der Waals surface area (Å²) in [5.41, 5.74) is 1.78. The lowest BCUT2D eigenvalue weighted by molar-refractivity contribution is -0.125. The molecule has 0 radical (unpaired) electrons. The van der Waals surface area contributed by atoms with Crippen molar-refractivity contribution in [3.8, 4) is 5.75 Å². The lowest BCUT2D eigenvalue weighted by Gasteiger charge is -2.18. The Morgan fingerprint density at radius 2 is 2.25 bits per heavy atom. The molecule has 0 saturated carbocycles. The molecular formula is C16H18FNO2. The molecule has 2 rings (SSSR count). The molecule has 1 aromatic rings. The van der Waals surface area contributed by atoms with Gasteiger partial charge < -0.3 is 9.64 Å². The van der Waals surface area contributed by atoms with Crippen LogP contribution in [0.3, 0.4) is 0 Å². The van der Waals surface area contributed by atoms with Gasteiger partial charge in [0.25, 0.3) is 0 Å². The summed E-state index contributed by atoms with van der Waals surface area (Å²) in [4.78, 5) is 13.4. The van der Waals surface area contributed by atoms with E-state index in [0.717, 1.165) is 17.6 Å². The molecule has 1 heterocycles. The summed E-state index contributed by atoms with van der Waals surface area (Å²) in [6.45, 7) is 4.77. The third-order valence-corrected chi connectivity index (χ3v) is 3.43. The number of halogens is 1. The van der Waals surface area contributed by atoms with Gasteiger partial charge >= 0.3 is 0 Å². The number of benzene rings is 1. The van der Waals surface area contributed by atoms with Gasteiger partial charge in [0.2, 0.25) is 5.91 Å². The quantitative estimate of drug-likeness (QED) is 0.794. The molecular weight excluding hydrogens is 257 g/mol. The van der Waals surface area contributed by atoms with Crippen molar-refractivity contribution in [1.82, 2.24) is 4.90 Å². The van der Waals surface area contributed by atoms with Crippen LogP contribution >= 0.6 is 0 Å². The van der Waals surface area contributed by atoms with Crippen molar-refractivity contribution >= 4 is 11.5 Å². The van der Waals surface area contributed by atoms with Crippen LogP contribution in [0.5, 0.6) is 5.75 Å². The van der Waals surface area contributed by atoms with Gasteiger partial charge in [0.05, 0.1) is 7.11 Å².